The SMILES string of the molecule is CCC(C(=O)O)c1cc(C)c(Oc2ccccc2)c(C)c1. The highest BCUT2D eigenvalue weighted by molar-refractivity contribution is 5.76. The highest BCUT2D eigenvalue weighted by Crippen LogP contribution is 2.32. The molecule has 1 atom stereocenters. The first kappa shape index (κ1) is 15.1. The number of aliphatic carboxylic acids is 1. The number of carboxylic acids is 1. The van der Waals surface area contributed by atoms with E-state index in [1.165, 1.54) is 0 Å². The summed E-state index contributed by atoms with van der Waals surface area (Å²) in [5, 5.41) is 9.28. The molecule has 2 aromatic rings. The van der Waals surface area contributed by atoms with E-state index in [0.29, 0.717) is 6.42 Å². The van der Waals surface area contributed by atoms with Gasteiger partial charge < -0.3 is 9.84 Å². The third kappa shape index (κ3) is 3.43. The molecule has 0 bridgehead atoms. The minimum atomic E-state index is -0.784. The first-order chi connectivity index (χ1) is 10.0. The van der Waals surface area contributed by atoms with Crippen molar-refractivity contribution in [3.8, 4) is 11.5 Å². The van der Waals surface area contributed by atoms with Crippen molar-refractivity contribution in [2.45, 2.75) is 33.1 Å². The number of rotatable bonds is 5. The number of para-hydroxylation sites is 1. The van der Waals surface area contributed by atoms with Crippen molar-refractivity contribution in [1.82, 2.24) is 0 Å². The fourth-order valence-electron chi connectivity index (χ4n) is 2.51. The molecule has 2 rings (SSSR count). The van der Waals surface area contributed by atoms with Gasteiger partial charge in [-0.3, -0.25) is 4.79 Å². The maximum atomic E-state index is 11.3. The number of ether oxygens (including phenoxy) is 1. The van der Waals surface area contributed by atoms with Crippen molar-refractivity contribution in [3.05, 3.63) is 59.2 Å². The highest BCUT2D eigenvalue weighted by atomic mass is 16.5. The first-order valence-corrected chi connectivity index (χ1v) is 7.09. The van der Waals surface area contributed by atoms with Crippen LogP contribution in [-0.4, -0.2) is 11.1 Å². The second-order valence-corrected chi connectivity index (χ2v) is 5.20. The number of carboxylic acid groups (broad SMARTS) is 1. The van der Waals surface area contributed by atoms with Gasteiger partial charge in [0, 0.05) is 0 Å². The van der Waals surface area contributed by atoms with Gasteiger partial charge in [-0.15, -0.1) is 0 Å². The van der Waals surface area contributed by atoms with E-state index >= 15 is 0 Å². The fourth-order valence-corrected chi connectivity index (χ4v) is 2.51. The van der Waals surface area contributed by atoms with Crippen LogP contribution in [0.5, 0.6) is 11.5 Å². The van der Waals surface area contributed by atoms with E-state index in [9.17, 15) is 9.90 Å². The fraction of sp³-hybridized carbons (Fsp3) is 0.278. The van der Waals surface area contributed by atoms with E-state index in [1.807, 2.05) is 63.2 Å². The molecule has 1 N–H and O–H groups in total. The topological polar surface area (TPSA) is 46.5 Å². The quantitative estimate of drug-likeness (QED) is 0.867. The number of benzene rings is 2. The van der Waals surface area contributed by atoms with Gasteiger partial charge in [-0.05, 0) is 49.1 Å². The summed E-state index contributed by atoms with van der Waals surface area (Å²) < 4.78 is 5.92. The molecule has 2 aromatic carbocycles. The Labute approximate surface area is 125 Å². The van der Waals surface area contributed by atoms with Gasteiger partial charge in [0.1, 0.15) is 11.5 Å². The average Bonchev–Trinajstić information content (AvgIpc) is 2.44. The van der Waals surface area contributed by atoms with E-state index in [2.05, 4.69) is 0 Å². The molecule has 0 aliphatic rings. The summed E-state index contributed by atoms with van der Waals surface area (Å²) in [5.74, 6) is 0.327. The minimum Gasteiger partial charge on any atom is -0.481 e. The maximum Gasteiger partial charge on any atom is 0.310 e. The van der Waals surface area contributed by atoms with Crippen LogP contribution in [0, 0.1) is 13.8 Å². The lowest BCUT2D eigenvalue weighted by molar-refractivity contribution is -0.138. The van der Waals surface area contributed by atoms with Gasteiger partial charge >= 0.3 is 5.97 Å². The molecule has 0 aliphatic heterocycles. The molecule has 0 saturated carbocycles. The zero-order chi connectivity index (χ0) is 15.4. The Kier molecular flexibility index (Phi) is 4.63. The third-order valence-electron chi connectivity index (χ3n) is 3.55. The molecular weight excluding hydrogens is 264 g/mol. The summed E-state index contributed by atoms with van der Waals surface area (Å²) in [4.78, 5) is 11.3. The number of hydrogen-bond donors (Lipinski definition) is 1. The number of carbonyl (C=O) groups is 1. The molecule has 3 nitrogen and oxygen atoms in total. The maximum absolute atomic E-state index is 11.3. The normalized spacial score (nSPS) is 12.0. The molecule has 21 heavy (non-hydrogen) atoms. The van der Waals surface area contributed by atoms with Crippen molar-refractivity contribution in [2.24, 2.45) is 0 Å². The van der Waals surface area contributed by atoms with Crippen LogP contribution in [0.25, 0.3) is 0 Å². The Balaban J connectivity index is 2.35. The Hall–Kier alpha value is -2.29. The zero-order valence-electron chi connectivity index (χ0n) is 12.6. The van der Waals surface area contributed by atoms with Crippen LogP contribution in [0.15, 0.2) is 42.5 Å². The Bertz CT molecular complexity index is 609. The monoisotopic (exact) mass is 284 g/mol. The van der Waals surface area contributed by atoms with Gasteiger partial charge in [0.2, 0.25) is 0 Å². The lowest BCUT2D eigenvalue weighted by atomic mass is 9.93. The molecule has 1 unspecified atom stereocenters. The van der Waals surface area contributed by atoms with E-state index in [0.717, 1.165) is 28.2 Å². The second-order valence-electron chi connectivity index (χ2n) is 5.20. The molecule has 0 spiro atoms. The molecule has 3 heteroatoms. The second kappa shape index (κ2) is 6.44. The van der Waals surface area contributed by atoms with E-state index in [4.69, 9.17) is 4.74 Å². The number of hydrogen-bond acceptors (Lipinski definition) is 2. The summed E-state index contributed by atoms with van der Waals surface area (Å²) in [6, 6.07) is 13.4. The van der Waals surface area contributed by atoms with Crippen LogP contribution in [0.2, 0.25) is 0 Å². The van der Waals surface area contributed by atoms with Crippen LogP contribution in [-0.2, 0) is 4.79 Å². The van der Waals surface area contributed by atoms with Crippen LogP contribution >= 0.6 is 0 Å². The van der Waals surface area contributed by atoms with Crippen LogP contribution < -0.4 is 4.74 Å². The predicted octanol–water partition coefficient (Wildman–Crippen LogP) is 4.67. The molecule has 0 aromatic heterocycles. The van der Waals surface area contributed by atoms with Gasteiger partial charge in [0.05, 0.1) is 5.92 Å². The van der Waals surface area contributed by atoms with E-state index < -0.39 is 11.9 Å². The van der Waals surface area contributed by atoms with Crippen molar-refractivity contribution in [2.75, 3.05) is 0 Å². The Morgan fingerprint density at radius 2 is 1.71 bits per heavy atom. The van der Waals surface area contributed by atoms with Crippen molar-refractivity contribution in [3.63, 3.8) is 0 Å². The summed E-state index contributed by atoms with van der Waals surface area (Å²) in [6.45, 7) is 5.78. The molecule has 0 aliphatic carbocycles. The van der Waals surface area contributed by atoms with Gasteiger partial charge in [0.15, 0.2) is 0 Å². The standard InChI is InChI=1S/C18H20O3/c1-4-16(18(19)20)14-10-12(2)17(13(3)11-14)21-15-8-6-5-7-9-15/h5-11,16H,4H2,1-3H3,(H,19,20). The molecular formula is C18H20O3. The highest BCUT2D eigenvalue weighted by Gasteiger charge is 2.19. The predicted molar refractivity (Wildman–Crippen MR) is 83.1 cm³/mol. The molecule has 110 valence electrons. The average molecular weight is 284 g/mol. The van der Waals surface area contributed by atoms with E-state index in [1.54, 1.807) is 0 Å². The van der Waals surface area contributed by atoms with Crippen LogP contribution in [0.3, 0.4) is 0 Å². The van der Waals surface area contributed by atoms with Crippen molar-refractivity contribution in [1.29, 1.82) is 0 Å². The number of aryl methyl sites for hydroxylation is 2. The largest absolute Gasteiger partial charge is 0.481 e. The van der Waals surface area contributed by atoms with Crippen LogP contribution in [0.1, 0.15) is 36.0 Å². The molecule has 0 heterocycles. The van der Waals surface area contributed by atoms with Gasteiger partial charge in [-0.2, -0.15) is 0 Å². The van der Waals surface area contributed by atoms with E-state index in [-0.39, 0.29) is 0 Å². The summed E-state index contributed by atoms with van der Waals surface area (Å²) in [5.41, 5.74) is 2.74. The smallest absolute Gasteiger partial charge is 0.310 e. The Morgan fingerprint density at radius 3 is 2.19 bits per heavy atom. The van der Waals surface area contributed by atoms with Gasteiger partial charge in [-0.25, -0.2) is 0 Å². The van der Waals surface area contributed by atoms with Gasteiger partial charge in [0.25, 0.3) is 0 Å². The first-order valence-electron chi connectivity index (χ1n) is 7.09. The van der Waals surface area contributed by atoms with Crippen molar-refractivity contribution >= 4 is 5.97 Å². The minimum absolute atomic E-state index is 0.465. The summed E-state index contributed by atoms with van der Waals surface area (Å²) >= 11 is 0. The third-order valence-corrected chi connectivity index (χ3v) is 3.55. The lowest BCUT2D eigenvalue weighted by Crippen LogP contribution is -2.11. The van der Waals surface area contributed by atoms with Gasteiger partial charge in [-0.1, -0.05) is 37.3 Å². The lowest BCUT2D eigenvalue weighted by Gasteiger charge is -2.16. The molecule has 0 radical (unpaired) electrons. The summed E-state index contributed by atoms with van der Waals surface area (Å²) in [6.07, 6.45) is 0.576. The van der Waals surface area contributed by atoms with Crippen molar-refractivity contribution < 1.29 is 14.6 Å². The zero-order valence-corrected chi connectivity index (χ0v) is 12.6. The molecule has 0 fully saturated rings. The summed E-state index contributed by atoms with van der Waals surface area (Å²) in [7, 11) is 0. The Morgan fingerprint density at radius 1 is 1.14 bits per heavy atom. The molecule has 0 amide bonds. The van der Waals surface area contributed by atoms with Crippen LogP contribution in [0.4, 0.5) is 0 Å². The molecule has 0 saturated heterocycles.